The van der Waals surface area contributed by atoms with Crippen molar-refractivity contribution in [3.8, 4) is 0 Å². The van der Waals surface area contributed by atoms with E-state index in [2.05, 4.69) is 42.3 Å². The van der Waals surface area contributed by atoms with Crippen molar-refractivity contribution in [3.05, 3.63) is 29.3 Å². The molecule has 2 heteroatoms. The average Bonchev–Trinajstić information content (AvgIpc) is 2.37. The predicted octanol–water partition coefficient (Wildman–Crippen LogP) is 3.02. The van der Waals surface area contributed by atoms with E-state index in [1.807, 2.05) is 0 Å². The van der Waals surface area contributed by atoms with Gasteiger partial charge >= 0.3 is 0 Å². The largest absolute Gasteiger partial charge is 0.366 e. The number of nitrogens with zero attached hydrogens (tertiary/aromatic N) is 1. The number of rotatable bonds is 1. The lowest BCUT2D eigenvalue weighted by atomic mass is 9.87. The van der Waals surface area contributed by atoms with E-state index in [1.165, 1.54) is 42.5 Å². The Morgan fingerprint density at radius 2 is 1.78 bits per heavy atom. The van der Waals surface area contributed by atoms with Gasteiger partial charge in [0, 0.05) is 30.9 Å². The molecule has 0 amide bonds. The van der Waals surface area contributed by atoms with Gasteiger partial charge in [-0.3, -0.25) is 0 Å². The predicted molar refractivity (Wildman–Crippen MR) is 77.3 cm³/mol. The van der Waals surface area contributed by atoms with Gasteiger partial charge in [-0.2, -0.15) is 0 Å². The standard InChI is InChI=1S/C16H24N2/c1-12-9-13(2)11-14(10-12)18-8-7-17-15-5-3-4-6-16(15)18/h9-11,15-17H,3-8H2,1-2H3/t15-,16+/m1/s1. The van der Waals surface area contributed by atoms with Gasteiger partial charge in [-0.25, -0.2) is 0 Å². The molecule has 0 radical (unpaired) electrons. The normalized spacial score (nSPS) is 28.0. The van der Waals surface area contributed by atoms with E-state index in [1.54, 1.807) is 0 Å². The maximum absolute atomic E-state index is 3.71. The molecule has 1 heterocycles. The van der Waals surface area contributed by atoms with Gasteiger partial charge in [-0.05, 0) is 49.9 Å². The molecule has 18 heavy (non-hydrogen) atoms. The fourth-order valence-corrected chi connectivity index (χ4v) is 3.70. The fourth-order valence-electron chi connectivity index (χ4n) is 3.70. The molecule has 0 spiro atoms. The van der Waals surface area contributed by atoms with Crippen molar-refractivity contribution in [2.24, 2.45) is 0 Å². The summed E-state index contributed by atoms with van der Waals surface area (Å²) in [6.45, 7) is 6.70. The molecule has 2 nitrogen and oxygen atoms in total. The molecule has 2 fully saturated rings. The molecule has 1 aliphatic carbocycles. The SMILES string of the molecule is Cc1cc(C)cc(N2CCN[C@@H]3CCCC[C@@H]32)c1. The van der Waals surface area contributed by atoms with E-state index in [-0.39, 0.29) is 0 Å². The van der Waals surface area contributed by atoms with Crippen molar-refractivity contribution >= 4 is 5.69 Å². The molecule has 1 aliphatic heterocycles. The monoisotopic (exact) mass is 244 g/mol. The summed E-state index contributed by atoms with van der Waals surface area (Å²) in [7, 11) is 0. The molecule has 1 saturated heterocycles. The topological polar surface area (TPSA) is 15.3 Å². The Morgan fingerprint density at radius 1 is 1.06 bits per heavy atom. The van der Waals surface area contributed by atoms with Crippen LogP contribution in [0.2, 0.25) is 0 Å². The summed E-state index contributed by atoms with van der Waals surface area (Å²) in [5.74, 6) is 0. The number of hydrogen-bond donors (Lipinski definition) is 1. The number of benzene rings is 1. The van der Waals surface area contributed by atoms with Gasteiger partial charge < -0.3 is 10.2 Å². The summed E-state index contributed by atoms with van der Waals surface area (Å²) in [5.41, 5.74) is 4.21. The van der Waals surface area contributed by atoms with Crippen LogP contribution in [-0.2, 0) is 0 Å². The van der Waals surface area contributed by atoms with Crippen molar-refractivity contribution in [2.75, 3.05) is 18.0 Å². The number of anilines is 1. The maximum Gasteiger partial charge on any atom is 0.0443 e. The Hall–Kier alpha value is -1.02. The highest BCUT2D eigenvalue weighted by Gasteiger charge is 2.33. The van der Waals surface area contributed by atoms with Crippen LogP contribution in [-0.4, -0.2) is 25.2 Å². The van der Waals surface area contributed by atoms with Crippen LogP contribution < -0.4 is 10.2 Å². The highest BCUT2D eigenvalue weighted by molar-refractivity contribution is 5.52. The lowest BCUT2D eigenvalue weighted by Crippen LogP contribution is -2.59. The van der Waals surface area contributed by atoms with Gasteiger partial charge in [-0.1, -0.05) is 18.9 Å². The first-order valence-corrected chi connectivity index (χ1v) is 7.32. The first-order chi connectivity index (χ1) is 8.74. The smallest absolute Gasteiger partial charge is 0.0443 e. The van der Waals surface area contributed by atoms with Crippen LogP contribution in [0.1, 0.15) is 36.8 Å². The molecule has 0 unspecified atom stereocenters. The molecule has 1 aromatic rings. The van der Waals surface area contributed by atoms with Crippen molar-refractivity contribution in [1.82, 2.24) is 5.32 Å². The summed E-state index contributed by atoms with van der Waals surface area (Å²) in [5, 5.41) is 3.71. The summed E-state index contributed by atoms with van der Waals surface area (Å²) in [6, 6.07) is 8.40. The molecule has 0 bridgehead atoms. The number of piperazine rings is 1. The van der Waals surface area contributed by atoms with E-state index >= 15 is 0 Å². The van der Waals surface area contributed by atoms with Crippen molar-refractivity contribution in [3.63, 3.8) is 0 Å². The van der Waals surface area contributed by atoms with Crippen molar-refractivity contribution in [1.29, 1.82) is 0 Å². The van der Waals surface area contributed by atoms with E-state index in [0.29, 0.717) is 12.1 Å². The molecular formula is C16H24N2. The highest BCUT2D eigenvalue weighted by Crippen LogP contribution is 2.30. The summed E-state index contributed by atoms with van der Waals surface area (Å²) in [4.78, 5) is 2.65. The number of hydrogen-bond acceptors (Lipinski definition) is 2. The van der Waals surface area contributed by atoms with Crippen LogP contribution in [0.3, 0.4) is 0 Å². The van der Waals surface area contributed by atoms with E-state index in [0.717, 1.165) is 13.1 Å². The van der Waals surface area contributed by atoms with Crippen molar-refractivity contribution < 1.29 is 0 Å². The van der Waals surface area contributed by atoms with E-state index in [9.17, 15) is 0 Å². The van der Waals surface area contributed by atoms with Crippen LogP contribution >= 0.6 is 0 Å². The van der Waals surface area contributed by atoms with E-state index in [4.69, 9.17) is 0 Å². The van der Waals surface area contributed by atoms with Crippen LogP contribution in [0.5, 0.6) is 0 Å². The molecule has 2 aliphatic rings. The Morgan fingerprint density at radius 3 is 2.56 bits per heavy atom. The molecule has 3 rings (SSSR count). The first-order valence-electron chi connectivity index (χ1n) is 7.32. The number of fused-ring (bicyclic) bond motifs is 1. The van der Waals surface area contributed by atoms with Crippen molar-refractivity contribution in [2.45, 2.75) is 51.6 Å². The lowest BCUT2D eigenvalue weighted by Gasteiger charge is -2.46. The minimum atomic E-state index is 0.716. The molecule has 1 N–H and O–H groups in total. The van der Waals surface area contributed by atoms with Gasteiger partial charge in [0.25, 0.3) is 0 Å². The van der Waals surface area contributed by atoms with Gasteiger partial charge in [-0.15, -0.1) is 0 Å². The van der Waals surface area contributed by atoms with Gasteiger partial charge in [0.2, 0.25) is 0 Å². The zero-order valence-corrected chi connectivity index (χ0v) is 11.6. The number of aryl methyl sites for hydroxylation is 2. The second kappa shape index (κ2) is 4.93. The van der Waals surface area contributed by atoms with E-state index < -0.39 is 0 Å². The molecule has 1 aromatic carbocycles. The maximum atomic E-state index is 3.71. The van der Waals surface area contributed by atoms with Gasteiger partial charge in [0.05, 0.1) is 0 Å². The summed E-state index contributed by atoms with van der Waals surface area (Å²) >= 11 is 0. The van der Waals surface area contributed by atoms with Gasteiger partial charge in [0.1, 0.15) is 0 Å². The van der Waals surface area contributed by atoms with Crippen LogP contribution in [0.25, 0.3) is 0 Å². The Labute approximate surface area is 110 Å². The third kappa shape index (κ3) is 2.26. The number of nitrogens with one attached hydrogen (secondary N) is 1. The second-order valence-electron chi connectivity index (χ2n) is 5.95. The second-order valence-corrected chi connectivity index (χ2v) is 5.95. The summed E-state index contributed by atoms with van der Waals surface area (Å²) in [6.07, 6.45) is 5.50. The van der Waals surface area contributed by atoms with Crippen LogP contribution in [0, 0.1) is 13.8 Å². The Kier molecular flexibility index (Phi) is 3.29. The first kappa shape index (κ1) is 12.0. The zero-order chi connectivity index (χ0) is 12.5. The quantitative estimate of drug-likeness (QED) is 0.817. The van der Waals surface area contributed by atoms with Gasteiger partial charge in [0.15, 0.2) is 0 Å². The average molecular weight is 244 g/mol. The molecule has 1 saturated carbocycles. The minimum absolute atomic E-state index is 0.716. The molecule has 2 atom stereocenters. The van der Waals surface area contributed by atoms with Crippen LogP contribution in [0.15, 0.2) is 18.2 Å². The summed E-state index contributed by atoms with van der Waals surface area (Å²) < 4.78 is 0. The Bertz CT molecular complexity index is 405. The fraction of sp³-hybridized carbons (Fsp3) is 0.625. The van der Waals surface area contributed by atoms with Crippen LogP contribution in [0.4, 0.5) is 5.69 Å². The third-order valence-corrected chi connectivity index (χ3v) is 4.43. The highest BCUT2D eigenvalue weighted by atomic mass is 15.2. The lowest BCUT2D eigenvalue weighted by molar-refractivity contribution is 0.284. The zero-order valence-electron chi connectivity index (χ0n) is 11.6. The molecular weight excluding hydrogens is 220 g/mol. The Balaban J connectivity index is 1.89. The molecule has 98 valence electrons. The minimum Gasteiger partial charge on any atom is -0.366 e. The third-order valence-electron chi connectivity index (χ3n) is 4.43. The molecule has 0 aromatic heterocycles.